The zero-order chi connectivity index (χ0) is 17.3. The number of hydrogen-bond donors (Lipinski definition) is 1. The summed E-state index contributed by atoms with van der Waals surface area (Å²) in [4.78, 5) is 15.0. The molecular weight excluding hydrogens is 310 g/mol. The van der Waals surface area contributed by atoms with E-state index in [1.165, 1.54) is 0 Å². The summed E-state index contributed by atoms with van der Waals surface area (Å²) in [7, 11) is 0.352. The van der Waals surface area contributed by atoms with Crippen molar-refractivity contribution in [2.24, 2.45) is 0 Å². The van der Waals surface area contributed by atoms with Gasteiger partial charge in [0, 0.05) is 5.56 Å². The molecular formula is C17H21NO4Si. The molecule has 1 N–H and O–H groups in total. The lowest BCUT2D eigenvalue weighted by atomic mass is 9.95. The summed E-state index contributed by atoms with van der Waals surface area (Å²) in [5.74, 6) is -0.850. The van der Waals surface area contributed by atoms with Crippen LogP contribution >= 0.6 is 0 Å². The Labute approximate surface area is 138 Å². The van der Waals surface area contributed by atoms with Gasteiger partial charge in [0.1, 0.15) is 0 Å². The van der Waals surface area contributed by atoms with Crippen LogP contribution in [0.3, 0.4) is 0 Å². The van der Waals surface area contributed by atoms with Crippen molar-refractivity contribution < 1.29 is 18.7 Å². The number of rotatable bonds is 5. The normalized spacial score (nSPS) is 12.4. The van der Waals surface area contributed by atoms with Crippen LogP contribution in [-0.4, -0.2) is 25.8 Å². The lowest BCUT2D eigenvalue weighted by Gasteiger charge is -2.30. The van der Waals surface area contributed by atoms with Crippen LogP contribution in [-0.2, 0) is 10.0 Å². The van der Waals surface area contributed by atoms with Gasteiger partial charge >= 0.3 is 5.97 Å². The molecule has 122 valence electrons. The Hall–Kier alpha value is -1.92. The molecule has 2 aromatic rings. The van der Waals surface area contributed by atoms with E-state index in [4.69, 9.17) is 8.84 Å². The van der Waals surface area contributed by atoms with Gasteiger partial charge in [-0.2, -0.15) is 0 Å². The van der Waals surface area contributed by atoms with Crippen LogP contribution in [0.25, 0.3) is 11.3 Å². The van der Waals surface area contributed by atoms with Crippen LogP contribution in [0.15, 0.2) is 35.1 Å². The summed E-state index contributed by atoms with van der Waals surface area (Å²) in [6, 6.07) is 7.52. The molecule has 0 aliphatic heterocycles. The van der Waals surface area contributed by atoms with E-state index in [1.807, 2.05) is 32.0 Å². The van der Waals surface area contributed by atoms with E-state index in [0.717, 1.165) is 12.0 Å². The highest BCUT2D eigenvalue weighted by Crippen LogP contribution is 2.32. The maximum atomic E-state index is 11.2. The Morgan fingerprint density at radius 3 is 2.57 bits per heavy atom. The molecule has 0 atom stereocenters. The smallest absolute Gasteiger partial charge is 0.358 e. The molecule has 0 aliphatic carbocycles. The molecule has 1 aromatic heterocycles. The van der Waals surface area contributed by atoms with Gasteiger partial charge in [-0.25, -0.2) is 9.78 Å². The molecule has 2 radical (unpaired) electrons. The number of carbonyl (C=O) groups is 1. The molecule has 1 heterocycles. The first-order valence-electron chi connectivity index (χ1n) is 7.33. The van der Waals surface area contributed by atoms with Crippen LogP contribution in [0.4, 0.5) is 0 Å². The summed E-state index contributed by atoms with van der Waals surface area (Å²) >= 11 is 0. The molecule has 0 saturated carbocycles. The summed E-state index contributed by atoms with van der Waals surface area (Å²) in [6.07, 6.45) is 1.15. The molecule has 0 fully saturated rings. The summed E-state index contributed by atoms with van der Waals surface area (Å²) in [6.45, 7) is 10.4. The second-order valence-corrected chi connectivity index (χ2v) is 8.79. The number of nitrogens with zero attached hydrogens (tertiary/aromatic N) is 1. The predicted octanol–water partition coefficient (Wildman–Crippen LogP) is 4.13. The van der Waals surface area contributed by atoms with E-state index < -0.39 is 11.6 Å². The van der Waals surface area contributed by atoms with Crippen LogP contribution in [0.2, 0.25) is 5.04 Å². The van der Waals surface area contributed by atoms with Gasteiger partial charge in [-0.15, -0.1) is 0 Å². The summed E-state index contributed by atoms with van der Waals surface area (Å²) in [5.41, 5.74) is 1.07. The maximum absolute atomic E-state index is 11.2. The number of aromatic carboxylic acids is 1. The number of hydrogen-bond acceptors (Lipinski definition) is 4. The van der Waals surface area contributed by atoms with Crippen LogP contribution in [0.1, 0.15) is 50.7 Å². The van der Waals surface area contributed by atoms with E-state index in [1.54, 1.807) is 6.07 Å². The van der Waals surface area contributed by atoms with Crippen molar-refractivity contribution in [3.05, 3.63) is 41.9 Å². The fourth-order valence-corrected chi connectivity index (χ4v) is 2.66. The molecule has 5 nitrogen and oxygen atoms in total. The number of carboxylic acid groups (broad SMARTS) is 1. The minimum absolute atomic E-state index is 0.0857. The van der Waals surface area contributed by atoms with E-state index in [9.17, 15) is 9.90 Å². The fourth-order valence-electron chi connectivity index (χ4n) is 1.98. The largest absolute Gasteiger partial charge is 0.476 e. The average Bonchev–Trinajstić information content (AvgIpc) is 2.94. The lowest BCUT2D eigenvalue weighted by molar-refractivity contribution is 0.0691. The first kappa shape index (κ1) is 17.4. The first-order valence-corrected chi connectivity index (χ1v) is 8.24. The van der Waals surface area contributed by atoms with E-state index in [0.29, 0.717) is 15.3 Å². The molecule has 23 heavy (non-hydrogen) atoms. The van der Waals surface area contributed by atoms with Gasteiger partial charge in [-0.05, 0) is 30.5 Å². The molecule has 1 aromatic carbocycles. The van der Waals surface area contributed by atoms with E-state index in [-0.39, 0.29) is 16.5 Å². The minimum Gasteiger partial charge on any atom is -0.476 e. The second kappa shape index (κ2) is 6.29. The molecule has 0 aliphatic rings. The highest BCUT2D eigenvalue weighted by atomic mass is 28.2. The van der Waals surface area contributed by atoms with E-state index >= 15 is 0 Å². The van der Waals surface area contributed by atoms with Crippen molar-refractivity contribution in [3.63, 3.8) is 0 Å². The maximum Gasteiger partial charge on any atom is 0.358 e. The molecule has 0 spiro atoms. The number of oxazole rings is 1. The SMILES string of the molecule is CC(C)(C)[Si]OC(C)(C)c1cccc(-c2ocnc2C(=O)O)c1. The number of benzene rings is 1. The van der Waals surface area contributed by atoms with Gasteiger partial charge < -0.3 is 13.9 Å². The standard InChI is InChI=1S/C17H21NO4Si/c1-16(2,3)23-22-17(4,5)12-8-6-7-11(9-12)14-13(15(19)20)18-10-21-14/h6-10H,1-5H3,(H,19,20). The lowest BCUT2D eigenvalue weighted by Crippen LogP contribution is -2.27. The molecule has 6 heteroatoms. The number of carboxylic acids is 1. The van der Waals surface area contributed by atoms with Gasteiger partial charge in [0.15, 0.2) is 17.8 Å². The van der Waals surface area contributed by atoms with Gasteiger partial charge in [-0.1, -0.05) is 39.0 Å². The quantitative estimate of drug-likeness (QED) is 0.834. The van der Waals surface area contributed by atoms with Gasteiger partial charge in [0.05, 0.1) is 5.60 Å². The van der Waals surface area contributed by atoms with Crippen molar-refractivity contribution in [1.82, 2.24) is 4.98 Å². The van der Waals surface area contributed by atoms with Crippen molar-refractivity contribution >= 4 is 15.7 Å². The molecule has 0 saturated heterocycles. The van der Waals surface area contributed by atoms with Crippen LogP contribution in [0.5, 0.6) is 0 Å². The van der Waals surface area contributed by atoms with Crippen LogP contribution in [0, 0.1) is 0 Å². The topological polar surface area (TPSA) is 72.6 Å². The van der Waals surface area contributed by atoms with Crippen molar-refractivity contribution in [1.29, 1.82) is 0 Å². The monoisotopic (exact) mass is 331 g/mol. The van der Waals surface area contributed by atoms with Crippen molar-refractivity contribution in [2.45, 2.75) is 45.3 Å². The Kier molecular flexibility index (Phi) is 4.77. The molecule has 0 amide bonds. The van der Waals surface area contributed by atoms with Gasteiger partial charge in [0.2, 0.25) is 9.76 Å². The summed E-state index contributed by atoms with van der Waals surface area (Å²) < 4.78 is 11.4. The zero-order valence-corrected chi connectivity index (χ0v) is 15.0. The Morgan fingerprint density at radius 1 is 1.26 bits per heavy atom. The first-order chi connectivity index (χ1) is 10.6. The van der Waals surface area contributed by atoms with Gasteiger partial charge in [-0.3, -0.25) is 0 Å². The Bertz CT molecular complexity index is 701. The average molecular weight is 331 g/mol. The highest BCUT2D eigenvalue weighted by molar-refractivity contribution is 6.31. The fraction of sp³-hybridized carbons (Fsp3) is 0.412. The Morgan fingerprint density at radius 2 is 1.96 bits per heavy atom. The highest BCUT2D eigenvalue weighted by Gasteiger charge is 2.26. The third kappa shape index (κ3) is 4.30. The third-order valence-corrected chi connectivity index (χ3v) is 4.43. The van der Waals surface area contributed by atoms with Crippen molar-refractivity contribution in [3.8, 4) is 11.3 Å². The predicted molar refractivity (Wildman–Crippen MR) is 88.5 cm³/mol. The van der Waals surface area contributed by atoms with E-state index in [2.05, 4.69) is 25.8 Å². The zero-order valence-electron chi connectivity index (χ0n) is 14.0. The molecule has 2 rings (SSSR count). The van der Waals surface area contributed by atoms with Crippen molar-refractivity contribution in [2.75, 3.05) is 0 Å². The van der Waals surface area contributed by atoms with Crippen LogP contribution < -0.4 is 0 Å². The second-order valence-electron chi connectivity index (χ2n) is 6.88. The van der Waals surface area contributed by atoms with Gasteiger partial charge in [0.25, 0.3) is 0 Å². The summed E-state index contributed by atoms with van der Waals surface area (Å²) in [5, 5.41) is 9.27. The Balaban J connectivity index is 2.32. The molecule has 0 unspecified atom stereocenters. The third-order valence-electron chi connectivity index (χ3n) is 3.20. The minimum atomic E-state index is -1.11. The number of aromatic nitrogens is 1. The molecule has 0 bridgehead atoms.